The number of rotatable bonds is 6. The molecule has 0 aliphatic carbocycles. The van der Waals surface area contributed by atoms with Gasteiger partial charge in [0.1, 0.15) is 0 Å². The first-order valence-electron chi connectivity index (χ1n) is 8.89. The van der Waals surface area contributed by atoms with Crippen LogP contribution in [0.5, 0.6) is 0 Å². The van der Waals surface area contributed by atoms with E-state index >= 15 is 0 Å². The van der Waals surface area contributed by atoms with Gasteiger partial charge in [-0.25, -0.2) is 0 Å². The minimum atomic E-state index is -0.413. The Kier molecular flexibility index (Phi) is 6.00. The van der Waals surface area contributed by atoms with Crippen LogP contribution in [0, 0.1) is 6.92 Å². The van der Waals surface area contributed by atoms with Crippen molar-refractivity contribution < 1.29 is 9.59 Å². The molecule has 3 rings (SSSR count). The molecule has 2 N–H and O–H groups in total. The molecule has 0 aromatic heterocycles. The number of anilines is 1. The van der Waals surface area contributed by atoms with E-state index < -0.39 is 6.04 Å². The van der Waals surface area contributed by atoms with Crippen LogP contribution in [0.2, 0.25) is 0 Å². The molecule has 0 saturated carbocycles. The number of nitrogens with one attached hydrogen (secondary N) is 2. The topological polar surface area (TPSA) is 58.2 Å². The molecule has 2 amide bonds. The van der Waals surface area contributed by atoms with Gasteiger partial charge in [0.15, 0.2) is 0 Å². The molecule has 0 radical (unpaired) electrons. The second-order valence-corrected chi connectivity index (χ2v) is 6.42. The zero-order valence-electron chi connectivity index (χ0n) is 15.2. The van der Waals surface area contributed by atoms with Crippen LogP contribution in [0.1, 0.15) is 33.9 Å². The summed E-state index contributed by atoms with van der Waals surface area (Å²) in [7, 11) is 0. The number of hydrogen-bond acceptors (Lipinski definition) is 2. The summed E-state index contributed by atoms with van der Waals surface area (Å²) >= 11 is 0. The largest absolute Gasteiger partial charge is 0.345 e. The number of aryl methyl sites for hydroxylation is 1. The van der Waals surface area contributed by atoms with E-state index in [2.05, 4.69) is 10.6 Å². The van der Waals surface area contributed by atoms with Crippen LogP contribution in [-0.4, -0.2) is 11.8 Å². The summed E-state index contributed by atoms with van der Waals surface area (Å²) in [5.74, 6) is -0.351. The molecule has 0 fully saturated rings. The van der Waals surface area contributed by atoms with Gasteiger partial charge in [0, 0.05) is 11.3 Å². The maximum Gasteiger partial charge on any atom is 0.251 e. The van der Waals surface area contributed by atoms with Gasteiger partial charge < -0.3 is 10.6 Å². The first-order chi connectivity index (χ1) is 13.1. The second-order valence-electron chi connectivity index (χ2n) is 6.42. The average molecular weight is 358 g/mol. The van der Waals surface area contributed by atoms with E-state index in [1.165, 1.54) is 0 Å². The van der Waals surface area contributed by atoms with Crippen molar-refractivity contribution in [3.8, 4) is 0 Å². The van der Waals surface area contributed by atoms with Crippen molar-refractivity contribution in [2.45, 2.75) is 19.4 Å². The Morgan fingerprint density at radius 1 is 0.852 bits per heavy atom. The standard InChI is InChI=1S/C23H22N2O2/c1-17-9-8-14-20(15-17)24-22(26)16-21(18-10-4-2-5-11-18)25-23(27)19-12-6-3-7-13-19/h2-15,21H,16H2,1H3,(H,24,26)(H,25,27). The SMILES string of the molecule is Cc1cccc(NC(=O)CC(NC(=O)c2ccccc2)c2ccccc2)c1. The molecule has 0 bridgehead atoms. The average Bonchev–Trinajstić information content (AvgIpc) is 2.69. The lowest BCUT2D eigenvalue weighted by molar-refractivity contribution is -0.116. The Morgan fingerprint density at radius 2 is 1.52 bits per heavy atom. The summed E-state index contributed by atoms with van der Waals surface area (Å²) in [5.41, 5.74) is 3.28. The van der Waals surface area contributed by atoms with Crippen molar-refractivity contribution in [3.63, 3.8) is 0 Å². The molecule has 0 spiro atoms. The molecule has 136 valence electrons. The fraction of sp³-hybridized carbons (Fsp3) is 0.130. The number of hydrogen-bond donors (Lipinski definition) is 2. The Morgan fingerprint density at radius 3 is 2.19 bits per heavy atom. The highest BCUT2D eigenvalue weighted by Gasteiger charge is 2.19. The van der Waals surface area contributed by atoms with Crippen molar-refractivity contribution in [2.24, 2.45) is 0 Å². The van der Waals surface area contributed by atoms with Crippen LogP contribution in [-0.2, 0) is 4.79 Å². The lowest BCUT2D eigenvalue weighted by Gasteiger charge is -2.19. The molecule has 1 atom stereocenters. The summed E-state index contributed by atoms with van der Waals surface area (Å²) in [6.07, 6.45) is 0.149. The molecule has 27 heavy (non-hydrogen) atoms. The van der Waals surface area contributed by atoms with Crippen LogP contribution in [0.3, 0.4) is 0 Å². The van der Waals surface area contributed by atoms with Crippen molar-refractivity contribution in [1.82, 2.24) is 5.32 Å². The number of carbonyl (C=O) groups excluding carboxylic acids is 2. The highest BCUT2D eigenvalue weighted by molar-refractivity contribution is 5.95. The fourth-order valence-electron chi connectivity index (χ4n) is 2.89. The summed E-state index contributed by atoms with van der Waals surface area (Å²) < 4.78 is 0. The quantitative estimate of drug-likeness (QED) is 0.682. The molecule has 0 aliphatic rings. The van der Waals surface area contributed by atoms with E-state index in [9.17, 15) is 9.59 Å². The normalized spacial score (nSPS) is 11.4. The molecule has 0 aliphatic heterocycles. The summed E-state index contributed by atoms with van der Waals surface area (Å²) in [5, 5.41) is 5.88. The van der Waals surface area contributed by atoms with E-state index in [0.717, 1.165) is 16.8 Å². The van der Waals surface area contributed by atoms with Gasteiger partial charge in [-0.1, -0.05) is 60.7 Å². The number of carbonyl (C=O) groups is 2. The summed E-state index contributed by atoms with van der Waals surface area (Å²) in [6, 6.07) is 25.8. The summed E-state index contributed by atoms with van der Waals surface area (Å²) in [6.45, 7) is 1.97. The maximum absolute atomic E-state index is 12.6. The Hall–Kier alpha value is -3.40. The fourth-order valence-corrected chi connectivity index (χ4v) is 2.89. The van der Waals surface area contributed by atoms with Gasteiger partial charge in [-0.3, -0.25) is 9.59 Å². The zero-order chi connectivity index (χ0) is 19.1. The van der Waals surface area contributed by atoms with E-state index in [-0.39, 0.29) is 18.2 Å². The van der Waals surface area contributed by atoms with Crippen molar-refractivity contribution >= 4 is 17.5 Å². The first-order valence-corrected chi connectivity index (χ1v) is 8.89. The minimum Gasteiger partial charge on any atom is -0.345 e. The van der Waals surface area contributed by atoms with Gasteiger partial charge in [-0.15, -0.1) is 0 Å². The Bertz CT molecular complexity index is 908. The van der Waals surface area contributed by atoms with E-state index in [1.54, 1.807) is 12.1 Å². The van der Waals surface area contributed by atoms with Crippen molar-refractivity contribution in [3.05, 3.63) is 102 Å². The molecular weight excluding hydrogens is 336 g/mol. The molecule has 4 heteroatoms. The summed E-state index contributed by atoms with van der Waals surface area (Å²) in [4.78, 5) is 25.1. The predicted octanol–water partition coefficient (Wildman–Crippen LogP) is 4.49. The van der Waals surface area contributed by atoms with Gasteiger partial charge >= 0.3 is 0 Å². The minimum absolute atomic E-state index is 0.149. The monoisotopic (exact) mass is 358 g/mol. The third-order valence-electron chi connectivity index (χ3n) is 4.23. The highest BCUT2D eigenvalue weighted by Crippen LogP contribution is 2.19. The van der Waals surface area contributed by atoms with Crippen LogP contribution in [0.4, 0.5) is 5.69 Å². The molecular formula is C23H22N2O2. The lowest BCUT2D eigenvalue weighted by Crippen LogP contribution is -2.31. The molecule has 3 aromatic rings. The number of amides is 2. The maximum atomic E-state index is 12.6. The van der Waals surface area contributed by atoms with Gasteiger partial charge in [0.05, 0.1) is 12.5 Å². The molecule has 0 saturated heterocycles. The predicted molar refractivity (Wildman–Crippen MR) is 108 cm³/mol. The molecule has 3 aromatic carbocycles. The third kappa shape index (κ3) is 5.28. The van der Waals surface area contributed by atoms with Gasteiger partial charge in [0.2, 0.25) is 5.91 Å². The Balaban J connectivity index is 1.74. The van der Waals surface area contributed by atoms with Crippen LogP contribution in [0.25, 0.3) is 0 Å². The van der Waals surface area contributed by atoms with Crippen LogP contribution < -0.4 is 10.6 Å². The van der Waals surface area contributed by atoms with Gasteiger partial charge in [0.25, 0.3) is 5.91 Å². The van der Waals surface area contributed by atoms with Crippen molar-refractivity contribution in [1.29, 1.82) is 0 Å². The molecule has 4 nitrogen and oxygen atoms in total. The highest BCUT2D eigenvalue weighted by atomic mass is 16.2. The molecule has 0 heterocycles. The first kappa shape index (κ1) is 18.4. The zero-order valence-corrected chi connectivity index (χ0v) is 15.2. The number of benzene rings is 3. The second kappa shape index (κ2) is 8.81. The van der Waals surface area contributed by atoms with Crippen LogP contribution >= 0.6 is 0 Å². The lowest BCUT2D eigenvalue weighted by atomic mass is 10.0. The third-order valence-corrected chi connectivity index (χ3v) is 4.23. The van der Waals surface area contributed by atoms with E-state index in [4.69, 9.17) is 0 Å². The van der Waals surface area contributed by atoms with Gasteiger partial charge in [-0.2, -0.15) is 0 Å². The van der Waals surface area contributed by atoms with Gasteiger partial charge in [-0.05, 0) is 42.3 Å². The van der Waals surface area contributed by atoms with E-state index in [0.29, 0.717) is 5.56 Å². The smallest absolute Gasteiger partial charge is 0.251 e. The van der Waals surface area contributed by atoms with Crippen LogP contribution in [0.15, 0.2) is 84.9 Å². The van der Waals surface area contributed by atoms with Crippen molar-refractivity contribution in [2.75, 3.05) is 5.32 Å². The molecule has 1 unspecified atom stereocenters. The Labute approximate surface area is 159 Å². The van der Waals surface area contributed by atoms with E-state index in [1.807, 2.05) is 79.7 Å².